The molecule has 0 radical (unpaired) electrons. The molecule has 6 nitrogen and oxygen atoms in total. The van der Waals surface area contributed by atoms with Gasteiger partial charge in [-0.2, -0.15) is 5.10 Å². The summed E-state index contributed by atoms with van der Waals surface area (Å²) in [4.78, 5) is 2.07. The van der Waals surface area contributed by atoms with Crippen LogP contribution in [0, 0.1) is 0 Å². The van der Waals surface area contributed by atoms with E-state index in [1.54, 1.807) is 0 Å². The first kappa shape index (κ1) is 19.3. The Labute approximate surface area is 150 Å². The summed E-state index contributed by atoms with van der Waals surface area (Å²) >= 11 is 0. The number of rotatable bonds is 9. The summed E-state index contributed by atoms with van der Waals surface area (Å²) in [6.07, 6.45) is -0.567. The molecule has 0 aliphatic heterocycles. The quantitative estimate of drug-likeness (QED) is 0.728. The second kappa shape index (κ2) is 8.87. The minimum atomic E-state index is -0.567. The maximum absolute atomic E-state index is 10.1. The smallest absolute Gasteiger partial charge is 0.130 e. The van der Waals surface area contributed by atoms with Gasteiger partial charge in [0.15, 0.2) is 0 Å². The molecule has 6 heteroatoms. The molecule has 2 rings (SSSR count). The van der Waals surface area contributed by atoms with Crippen molar-refractivity contribution in [2.45, 2.75) is 32.4 Å². The van der Waals surface area contributed by atoms with Gasteiger partial charge in [-0.3, -0.25) is 4.68 Å². The van der Waals surface area contributed by atoms with Crippen LogP contribution in [-0.4, -0.2) is 48.2 Å². The average molecular weight is 346 g/mol. The predicted octanol–water partition coefficient (Wildman–Crippen LogP) is 2.14. The second-order valence-corrected chi connectivity index (χ2v) is 6.77. The first-order valence-corrected chi connectivity index (χ1v) is 8.69. The second-order valence-electron chi connectivity index (χ2n) is 6.77. The minimum absolute atomic E-state index is 0.266. The number of aliphatic hydroxyl groups excluding tert-OH is 1. The molecule has 0 aliphatic rings. The highest BCUT2D eigenvalue weighted by Gasteiger charge is 2.19. The van der Waals surface area contributed by atoms with Crippen LogP contribution in [0.4, 0.5) is 5.82 Å². The van der Waals surface area contributed by atoms with Crippen molar-refractivity contribution in [3.05, 3.63) is 41.6 Å². The summed E-state index contributed by atoms with van der Waals surface area (Å²) in [6, 6.07) is 9.53. The number of nitrogens with one attached hydrogen (secondary N) is 1. The lowest BCUT2D eigenvalue weighted by Crippen LogP contribution is -2.31. The summed E-state index contributed by atoms with van der Waals surface area (Å²) in [6.45, 7) is 5.69. The van der Waals surface area contributed by atoms with Gasteiger partial charge in [0, 0.05) is 39.8 Å². The largest absolute Gasteiger partial charge is 0.491 e. The van der Waals surface area contributed by atoms with Gasteiger partial charge in [-0.1, -0.05) is 32.0 Å². The zero-order chi connectivity index (χ0) is 18.4. The molecule has 25 heavy (non-hydrogen) atoms. The lowest BCUT2D eigenvalue weighted by molar-refractivity contribution is 0.106. The average Bonchev–Trinajstić information content (AvgIpc) is 2.91. The van der Waals surface area contributed by atoms with Gasteiger partial charge in [0.1, 0.15) is 24.3 Å². The van der Waals surface area contributed by atoms with Crippen molar-refractivity contribution >= 4 is 5.82 Å². The SMILES string of the molecule is CC(C)c1nn(C)c(N(C)C)c1CNC[C@@H](O)COc1ccccc1. The lowest BCUT2D eigenvalue weighted by atomic mass is 10.1. The van der Waals surface area contributed by atoms with Crippen LogP contribution in [0.3, 0.4) is 0 Å². The molecule has 1 atom stereocenters. The van der Waals surface area contributed by atoms with Crippen molar-refractivity contribution in [1.82, 2.24) is 15.1 Å². The molecule has 1 heterocycles. The summed E-state index contributed by atoms with van der Waals surface area (Å²) in [5.41, 5.74) is 2.27. The number of benzene rings is 1. The van der Waals surface area contributed by atoms with Crippen LogP contribution in [0.5, 0.6) is 5.75 Å². The van der Waals surface area contributed by atoms with Crippen LogP contribution in [0.15, 0.2) is 30.3 Å². The van der Waals surface area contributed by atoms with Gasteiger partial charge in [0.25, 0.3) is 0 Å². The molecule has 0 bridgehead atoms. The summed E-state index contributed by atoms with van der Waals surface area (Å²) in [5.74, 6) is 2.21. The van der Waals surface area contributed by atoms with E-state index < -0.39 is 6.10 Å². The van der Waals surface area contributed by atoms with Gasteiger partial charge >= 0.3 is 0 Å². The first-order valence-electron chi connectivity index (χ1n) is 8.69. The van der Waals surface area contributed by atoms with Crippen LogP contribution >= 0.6 is 0 Å². The monoisotopic (exact) mass is 346 g/mol. The van der Waals surface area contributed by atoms with Crippen LogP contribution in [0.1, 0.15) is 31.0 Å². The third kappa shape index (κ3) is 5.21. The van der Waals surface area contributed by atoms with Crippen molar-refractivity contribution in [3.63, 3.8) is 0 Å². The Bertz CT molecular complexity index is 653. The topological polar surface area (TPSA) is 62.6 Å². The van der Waals surface area contributed by atoms with Crippen molar-refractivity contribution in [2.24, 2.45) is 7.05 Å². The molecule has 0 unspecified atom stereocenters. The maximum Gasteiger partial charge on any atom is 0.130 e. The molecular formula is C19H30N4O2. The molecule has 0 fully saturated rings. The molecule has 0 amide bonds. The van der Waals surface area contributed by atoms with Crippen molar-refractivity contribution < 1.29 is 9.84 Å². The zero-order valence-electron chi connectivity index (χ0n) is 15.9. The number of aryl methyl sites for hydroxylation is 1. The lowest BCUT2D eigenvalue weighted by Gasteiger charge is -2.17. The summed E-state index contributed by atoms with van der Waals surface area (Å²) < 4.78 is 7.50. The molecule has 0 aliphatic carbocycles. The fourth-order valence-corrected chi connectivity index (χ4v) is 2.90. The molecule has 0 spiro atoms. The number of aromatic nitrogens is 2. The molecule has 0 saturated heterocycles. The fraction of sp³-hybridized carbons (Fsp3) is 0.526. The van der Waals surface area contributed by atoms with E-state index in [0.717, 1.165) is 17.3 Å². The number of ether oxygens (including phenoxy) is 1. The Morgan fingerprint density at radius 1 is 1.24 bits per heavy atom. The first-order chi connectivity index (χ1) is 11.9. The highest BCUT2D eigenvalue weighted by Crippen LogP contribution is 2.26. The number of nitrogens with zero attached hydrogens (tertiary/aromatic N) is 3. The van der Waals surface area contributed by atoms with E-state index in [4.69, 9.17) is 4.74 Å². The van der Waals surface area contributed by atoms with E-state index in [-0.39, 0.29) is 6.61 Å². The van der Waals surface area contributed by atoms with Gasteiger partial charge in [-0.15, -0.1) is 0 Å². The fourth-order valence-electron chi connectivity index (χ4n) is 2.90. The normalized spacial score (nSPS) is 12.4. The van der Waals surface area contributed by atoms with E-state index in [1.807, 2.05) is 56.2 Å². The van der Waals surface area contributed by atoms with E-state index in [0.29, 0.717) is 19.0 Å². The number of para-hydroxylation sites is 1. The van der Waals surface area contributed by atoms with Crippen molar-refractivity contribution in [3.8, 4) is 5.75 Å². The number of hydrogen-bond acceptors (Lipinski definition) is 5. The molecule has 0 saturated carbocycles. The van der Waals surface area contributed by atoms with Crippen molar-refractivity contribution in [2.75, 3.05) is 32.1 Å². The van der Waals surface area contributed by atoms with Crippen LogP contribution in [-0.2, 0) is 13.6 Å². The van der Waals surface area contributed by atoms with Crippen LogP contribution < -0.4 is 15.0 Å². The van der Waals surface area contributed by atoms with E-state index in [9.17, 15) is 5.11 Å². The van der Waals surface area contributed by atoms with Gasteiger partial charge < -0.3 is 20.1 Å². The molecule has 1 aromatic heterocycles. The molecule has 138 valence electrons. The van der Waals surface area contributed by atoms with Gasteiger partial charge in [-0.25, -0.2) is 0 Å². The van der Waals surface area contributed by atoms with Crippen LogP contribution in [0.25, 0.3) is 0 Å². The Morgan fingerprint density at radius 2 is 1.92 bits per heavy atom. The molecule has 2 N–H and O–H groups in total. The van der Waals surface area contributed by atoms with E-state index in [2.05, 4.69) is 29.2 Å². The van der Waals surface area contributed by atoms with Gasteiger partial charge in [0.2, 0.25) is 0 Å². The minimum Gasteiger partial charge on any atom is -0.491 e. The standard InChI is InChI=1S/C19H30N4O2/c1-14(2)18-17(19(22(3)4)23(5)21-18)12-20-11-15(24)13-25-16-9-7-6-8-10-16/h6-10,14-15,20,24H,11-13H2,1-5H3/t15-/m1/s1. The zero-order valence-corrected chi connectivity index (χ0v) is 15.9. The number of hydrogen-bond donors (Lipinski definition) is 2. The number of anilines is 1. The Morgan fingerprint density at radius 3 is 2.52 bits per heavy atom. The Balaban J connectivity index is 1.90. The summed E-state index contributed by atoms with van der Waals surface area (Å²) in [7, 11) is 6.01. The molecular weight excluding hydrogens is 316 g/mol. The third-order valence-corrected chi connectivity index (χ3v) is 3.98. The van der Waals surface area contributed by atoms with Gasteiger partial charge in [-0.05, 0) is 18.1 Å². The van der Waals surface area contributed by atoms with Crippen LogP contribution in [0.2, 0.25) is 0 Å². The van der Waals surface area contributed by atoms with E-state index in [1.165, 1.54) is 5.56 Å². The highest BCUT2D eigenvalue weighted by atomic mass is 16.5. The van der Waals surface area contributed by atoms with Crippen molar-refractivity contribution in [1.29, 1.82) is 0 Å². The number of aliphatic hydroxyl groups is 1. The maximum atomic E-state index is 10.1. The molecule has 2 aromatic rings. The third-order valence-electron chi connectivity index (χ3n) is 3.98. The summed E-state index contributed by atoms with van der Waals surface area (Å²) in [5, 5.41) is 18.1. The van der Waals surface area contributed by atoms with Gasteiger partial charge in [0.05, 0.1) is 5.69 Å². The van der Waals surface area contributed by atoms with E-state index >= 15 is 0 Å². The Kier molecular flexibility index (Phi) is 6.84. The highest BCUT2D eigenvalue weighted by molar-refractivity contribution is 5.50. The Hall–Kier alpha value is -2.05. The predicted molar refractivity (Wildman–Crippen MR) is 101 cm³/mol. The molecule has 1 aromatic carbocycles.